The van der Waals surface area contributed by atoms with Crippen molar-refractivity contribution in [1.82, 2.24) is 10.2 Å². The van der Waals surface area contributed by atoms with E-state index in [9.17, 15) is 25.1 Å². The number of carbonyl (C=O) groups excluding carboxylic acids is 1. The van der Waals surface area contributed by atoms with Crippen LogP contribution in [-0.4, -0.2) is 38.9 Å². The molecule has 28 heavy (non-hydrogen) atoms. The number of carbonyl (C=O) groups is 1. The monoisotopic (exact) mass is 379 g/mol. The number of nitrogens with zero attached hydrogens (tertiary/aromatic N) is 2. The number of phenols is 1. The highest BCUT2D eigenvalue weighted by Crippen LogP contribution is 2.57. The fraction of sp³-hybridized carbons (Fsp3) is 0.250. The minimum atomic E-state index is -1.67. The average molecular weight is 379 g/mol. The highest BCUT2D eigenvalue weighted by Gasteiger charge is 2.65. The summed E-state index contributed by atoms with van der Waals surface area (Å²) >= 11 is 0. The van der Waals surface area contributed by atoms with Crippen LogP contribution in [0.15, 0.2) is 60.0 Å². The van der Waals surface area contributed by atoms with Crippen molar-refractivity contribution < 1.29 is 19.9 Å². The van der Waals surface area contributed by atoms with Gasteiger partial charge in [-0.15, -0.1) is 0 Å². The summed E-state index contributed by atoms with van der Waals surface area (Å²) in [6.07, 6.45) is 0. The Bertz CT molecular complexity index is 1050. The first kappa shape index (κ1) is 16.8. The van der Waals surface area contributed by atoms with E-state index in [1.54, 1.807) is 41.3 Å². The smallest absolute Gasteiger partial charge is 0.294 e. The van der Waals surface area contributed by atoms with Gasteiger partial charge in [0.1, 0.15) is 5.75 Å². The van der Waals surface area contributed by atoms with Gasteiger partial charge in [0.25, 0.3) is 5.70 Å². The van der Waals surface area contributed by atoms with E-state index in [0.717, 1.165) is 0 Å². The first-order valence-corrected chi connectivity index (χ1v) is 8.99. The number of ketones is 1. The molecule has 0 aromatic heterocycles. The van der Waals surface area contributed by atoms with E-state index in [-0.39, 0.29) is 23.1 Å². The lowest BCUT2D eigenvalue weighted by atomic mass is 9.74. The van der Waals surface area contributed by atoms with Crippen LogP contribution in [0.2, 0.25) is 0 Å². The number of allylic oxidation sites excluding steroid dienone is 1. The lowest BCUT2D eigenvalue weighted by Gasteiger charge is -2.45. The SMILES string of the molecule is O=C1c2ccccc2[C@]2(O)[C@H]1[C@@H](c1ccc(O)cc1)C([N+](=O)[O-])=C1NCCN12. The molecule has 2 aromatic carbocycles. The van der Waals surface area contributed by atoms with Gasteiger partial charge in [-0.3, -0.25) is 14.9 Å². The average Bonchev–Trinajstić information content (AvgIpc) is 3.25. The van der Waals surface area contributed by atoms with Crippen LogP contribution in [-0.2, 0) is 5.72 Å². The van der Waals surface area contributed by atoms with Crippen LogP contribution in [0.1, 0.15) is 27.4 Å². The maximum absolute atomic E-state index is 13.3. The number of nitrogens with one attached hydrogen (secondary N) is 1. The molecule has 0 radical (unpaired) electrons. The van der Waals surface area contributed by atoms with E-state index in [2.05, 4.69) is 5.32 Å². The molecular formula is C20H17N3O5. The van der Waals surface area contributed by atoms with Crippen LogP contribution in [0, 0.1) is 16.0 Å². The van der Waals surface area contributed by atoms with Gasteiger partial charge in [0, 0.05) is 24.2 Å². The fourth-order valence-electron chi connectivity index (χ4n) is 4.83. The van der Waals surface area contributed by atoms with Crippen LogP contribution in [0.3, 0.4) is 0 Å². The van der Waals surface area contributed by atoms with Gasteiger partial charge in [-0.1, -0.05) is 36.4 Å². The summed E-state index contributed by atoms with van der Waals surface area (Å²) in [7, 11) is 0. The largest absolute Gasteiger partial charge is 0.508 e. The number of aromatic hydroxyl groups is 1. The molecule has 0 amide bonds. The Morgan fingerprint density at radius 3 is 2.61 bits per heavy atom. The van der Waals surface area contributed by atoms with Crippen LogP contribution >= 0.6 is 0 Å². The number of aliphatic hydroxyl groups is 1. The van der Waals surface area contributed by atoms with E-state index in [1.165, 1.54) is 12.1 Å². The molecule has 1 saturated heterocycles. The molecule has 3 N–H and O–H groups in total. The predicted molar refractivity (Wildman–Crippen MR) is 97.7 cm³/mol. The Labute approximate surface area is 159 Å². The van der Waals surface area contributed by atoms with Gasteiger partial charge in [-0.05, 0) is 17.7 Å². The third kappa shape index (κ3) is 1.95. The topological polar surface area (TPSA) is 116 Å². The summed E-state index contributed by atoms with van der Waals surface area (Å²) in [6, 6.07) is 12.8. The van der Waals surface area contributed by atoms with E-state index < -0.39 is 22.5 Å². The zero-order valence-corrected chi connectivity index (χ0v) is 14.7. The van der Waals surface area contributed by atoms with Crippen LogP contribution in [0.25, 0.3) is 0 Å². The number of rotatable bonds is 2. The number of nitro groups is 1. The highest BCUT2D eigenvalue weighted by molar-refractivity contribution is 6.04. The summed E-state index contributed by atoms with van der Waals surface area (Å²) in [5, 5.41) is 36.6. The molecule has 1 aliphatic carbocycles. The maximum atomic E-state index is 13.3. The standard InChI is InChI=1S/C20H17N3O5/c24-12-7-5-11(6-8-12)15-16-18(25)13-3-1-2-4-14(13)20(16,26)22-10-9-21-19(22)17(15)23(27)28/h1-8,15-16,21,24,26H,9-10H2/t15-,16+,20+/m1/s1. The Balaban J connectivity index is 1.82. The lowest BCUT2D eigenvalue weighted by Crippen LogP contribution is -2.55. The van der Waals surface area contributed by atoms with Gasteiger partial charge < -0.3 is 20.4 Å². The predicted octanol–water partition coefficient (Wildman–Crippen LogP) is 1.50. The van der Waals surface area contributed by atoms with Gasteiger partial charge in [-0.2, -0.15) is 0 Å². The van der Waals surface area contributed by atoms with Crippen molar-refractivity contribution in [3.63, 3.8) is 0 Å². The van der Waals surface area contributed by atoms with Crippen molar-refractivity contribution in [1.29, 1.82) is 0 Å². The summed E-state index contributed by atoms with van der Waals surface area (Å²) in [4.78, 5) is 26.5. The molecule has 0 unspecified atom stereocenters. The molecule has 2 heterocycles. The molecule has 0 bridgehead atoms. The van der Waals surface area contributed by atoms with Gasteiger partial charge in [0.15, 0.2) is 17.3 Å². The second kappa shape index (κ2) is 5.56. The molecule has 2 aromatic rings. The number of fused-ring (bicyclic) bond motifs is 5. The van der Waals surface area contributed by atoms with Crippen molar-refractivity contribution in [2.75, 3.05) is 13.1 Å². The summed E-state index contributed by atoms with van der Waals surface area (Å²) in [5.74, 6) is -2.07. The molecule has 5 rings (SSSR count). The van der Waals surface area contributed by atoms with E-state index in [4.69, 9.17) is 0 Å². The van der Waals surface area contributed by atoms with Crippen molar-refractivity contribution in [2.45, 2.75) is 11.6 Å². The van der Waals surface area contributed by atoms with E-state index in [0.29, 0.717) is 29.8 Å². The third-order valence-corrected chi connectivity index (χ3v) is 5.93. The molecule has 142 valence electrons. The molecule has 0 saturated carbocycles. The molecule has 3 atom stereocenters. The molecule has 8 nitrogen and oxygen atoms in total. The molecule has 1 fully saturated rings. The van der Waals surface area contributed by atoms with Gasteiger partial charge in [-0.25, -0.2) is 0 Å². The minimum Gasteiger partial charge on any atom is -0.508 e. The number of Topliss-reactive ketones (excluding diaryl/α,β-unsaturated/α-hetero) is 1. The maximum Gasteiger partial charge on any atom is 0.294 e. The molecule has 0 spiro atoms. The van der Waals surface area contributed by atoms with Crippen LogP contribution < -0.4 is 5.32 Å². The molecular weight excluding hydrogens is 362 g/mol. The third-order valence-electron chi connectivity index (χ3n) is 5.93. The minimum absolute atomic E-state index is 0.0202. The van der Waals surface area contributed by atoms with Crippen molar-refractivity contribution in [2.24, 2.45) is 5.92 Å². The van der Waals surface area contributed by atoms with Crippen molar-refractivity contribution >= 4 is 5.78 Å². The molecule has 8 heteroatoms. The quantitative estimate of drug-likeness (QED) is 0.535. The number of hydrogen-bond acceptors (Lipinski definition) is 7. The Kier molecular flexibility index (Phi) is 3.33. The summed E-state index contributed by atoms with van der Waals surface area (Å²) in [6.45, 7) is 0.782. The highest BCUT2D eigenvalue weighted by atomic mass is 16.6. The normalized spacial score (nSPS) is 27.9. The van der Waals surface area contributed by atoms with Crippen molar-refractivity contribution in [3.05, 3.63) is 86.9 Å². The van der Waals surface area contributed by atoms with E-state index in [1.807, 2.05) is 0 Å². The second-order valence-electron chi connectivity index (χ2n) is 7.25. The molecule has 3 aliphatic rings. The first-order valence-electron chi connectivity index (χ1n) is 8.99. The van der Waals surface area contributed by atoms with Crippen LogP contribution in [0.5, 0.6) is 5.75 Å². The number of benzene rings is 2. The van der Waals surface area contributed by atoms with Crippen molar-refractivity contribution in [3.8, 4) is 5.75 Å². The van der Waals surface area contributed by atoms with Gasteiger partial charge >= 0.3 is 0 Å². The summed E-state index contributed by atoms with van der Waals surface area (Å²) in [5.41, 5.74) is -0.463. The Morgan fingerprint density at radius 1 is 1.18 bits per heavy atom. The second-order valence-corrected chi connectivity index (χ2v) is 7.25. The number of hydrogen-bond donors (Lipinski definition) is 3. The Morgan fingerprint density at radius 2 is 1.89 bits per heavy atom. The lowest BCUT2D eigenvalue weighted by molar-refractivity contribution is -0.438. The van der Waals surface area contributed by atoms with Gasteiger partial charge in [0.2, 0.25) is 0 Å². The Hall–Kier alpha value is -3.39. The zero-order valence-electron chi connectivity index (χ0n) is 14.7. The zero-order chi connectivity index (χ0) is 19.6. The fourth-order valence-corrected chi connectivity index (χ4v) is 4.83. The van der Waals surface area contributed by atoms with Crippen LogP contribution in [0.4, 0.5) is 0 Å². The van der Waals surface area contributed by atoms with Gasteiger partial charge in [0.05, 0.1) is 16.8 Å². The summed E-state index contributed by atoms with van der Waals surface area (Å²) < 4.78 is 0. The first-order chi connectivity index (χ1) is 13.4. The van der Waals surface area contributed by atoms with E-state index >= 15 is 0 Å². The number of phenolic OH excluding ortho intramolecular Hbond substituents is 1. The molecule has 2 aliphatic heterocycles.